The summed E-state index contributed by atoms with van der Waals surface area (Å²) in [6.07, 6.45) is -4.87. The Morgan fingerprint density at radius 3 is 2.33 bits per heavy atom. The van der Waals surface area contributed by atoms with E-state index in [1.54, 1.807) is 0 Å². The average molecular weight is 295 g/mol. The summed E-state index contributed by atoms with van der Waals surface area (Å²) < 4.78 is 43.6. The van der Waals surface area contributed by atoms with Gasteiger partial charge in [-0.2, -0.15) is 13.2 Å². The molecule has 0 heterocycles. The molecule has 0 spiro atoms. The number of benzene rings is 2. The molecule has 0 amide bonds. The molecule has 0 aliphatic heterocycles. The van der Waals surface area contributed by atoms with Gasteiger partial charge in [-0.3, -0.25) is 0 Å². The van der Waals surface area contributed by atoms with Crippen LogP contribution in [0.5, 0.6) is 5.75 Å². The number of aryl methyl sites for hydroxylation is 1. The molecule has 0 aromatic heterocycles. The molecule has 5 heteroatoms. The fourth-order valence-corrected chi connectivity index (χ4v) is 1.94. The highest BCUT2D eigenvalue weighted by Gasteiger charge is 2.30. The summed E-state index contributed by atoms with van der Waals surface area (Å²) in [5.41, 5.74) is 6.86. The van der Waals surface area contributed by atoms with Crippen LogP contribution in [-0.2, 0) is 6.18 Å². The van der Waals surface area contributed by atoms with Crippen molar-refractivity contribution in [3.05, 3.63) is 65.2 Å². The maximum Gasteiger partial charge on any atom is 0.416 e. The van der Waals surface area contributed by atoms with Crippen LogP contribution in [0.25, 0.3) is 0 Å². The Labute approximate surface area is 121 Å². The minimum Gasteiger partial charge on any atom is -0.484 e. The van der Waals surface area contributed by atoms with E-state index in [2.05, 4.69) is 0 Å². The van der Waals surface area contributed by atoms with Crippen LogP contribution >= 0.6 is 0 Å². The zero-order valence-corrected chi connectivity index (χ0v) is 11.5. The molecule has 112 valence electrons. The van der Waals surface area contributed by atoms with Crippen LogP contribution in [0, 0.1) is 6.92 Å². The summed E-state index contributed by atoms with van der Waals surface area (Å²) in [6.45, 7) is 2.13. The van der Waals surface area contributed by atoms with Crippen LogP contribution in [0.1, 0.15) is 22.8 Å². The first-order valence-electron chi connectivity index (χ1n) is 6.50. The predicted molar refractivity (Wildman–Crippen MR) is 75.0 cm³/mol. The molecule has 1 atom stereocenters. The van der Waals surface area contributed by atoms with Crippen molar-refractivity contribution in [1.82, 2.24) is 0 Å². The molecule has 2 nitrogen and oxygen atoms in total. The quantitative estimate of drug-likeness (QED) is 0.922. The van der Waals surface area contributed by atoms with Gasteiger partial charge in [0.25, 0.3) is 0 Å². The van der Waals surface area contributed by atoms with Gasteiger partial charge in [0.2, 0.25) is 0 Å². The largest absolute Gasteiger partial charge is 0.484 e. The molecule has 0 aliphatic rings. The molecule has 2 aromatic rings. The Hall–Kier alpha value is -2.01. The van der Waals surface area contributed by atoms with Crippen LogP contribution in [0.2, 0.25) is 0 Å². The maximum absolute atomic E-state index is 12.7. The molecule has 0 radical (unpaired) electrons. The van der Waals surface area contributed by atoms with E-state index in [4.69, 9.17) is 10.5 Å². The predicted octanol–water partition coefficient (Wildman–Crippen LogP) is 4.09. The van der Waals surface area contributed by atoms with Gasteiger partial charge in [-0.15, -0.1) is 0 Å². The van der Waals surface area contributed by atoms with E-state index >= 15 is 0 Å². The van der Waals surface area contributed by atoms with E-state index in [1.165, 1.54) is 12.1 Å². The fourth-order valence-electron chi connectivity index (χ4n) is 1.94. The third-order valence-corrected chi connectivity index (χ3v) is 3.10. The Balaban J connectivity index is 2.21. The highest BCUT2D eigenvalue weighted by atomic mass is 19.4. The molecule has 2 rings (SSSR count). The number of alkyl halides is 3. The second kappa shape index (κ2) is 6.18. The Bertz CT molecular complexity index is 593. The van der Waals surface area contributed by atoms with Crippen LogP contribution in [-0.4, -0.2) is 6.54 Å². The molecule has 2 N–H and O–H groups in total. The van der Waals surface area contributed by atoms with Gasteiger partial charge in [-0.25, -0.2) is 0 Å². The molecule has 0 fully saturated rings. The van der Waals surface area contributed by atoms with E-state index < -0.39 is 17.8 Å². The lowest BCUT2D eigenvalue weighted by atomic mass is 10.1. The molecule has 0 saturated heterocycles. The van der Waals surface area contributed by atoms with Crippen molar-refractivity contribution in [2.75, 3.05) is 6.54 Å². The van der Waals surface area contributed by atoms with Gasteiger partial charge in [-0.1, -0.05) is 35.9 Å². The molecule has 0 bridgehead atoms. The lowest BCUT2D eigenvalue weighted by Crippen LogP contribution is -2.18. The summed E-state index contributed by atoms with van der Waals surface area (Å²) in [7, 11) is 0. The third kappa shape index (κ3) is 3.98. The molecular formula is C16H16F3NO. The maximum atomic E-state index is 12.7. The van der Waals surface area contributed by atoms with Crippen molar-refractivity contribution < 1.29 is 17.9 Å². The summed E-state index contributed by atoms with van der Waals surface area (Å²) >= 11 is 0. The van der Waals surface area contributed by atoms with Gasteiger partial charge in [0.05, 0.1) is 5.56 Å². The Morgan fingerprint density at radius 2 is 1.76 bits per heavy atom. The molecule has 0 saturated carbocycles. The smallest absolute Gasteiger partial charge is 0.416 e. The van der Waals surface area contributed by atoms with E-state index in [0.29, 0.717) is 0 Å². The topological polar surface area (TPSA) is 35.2 Å². The highest BCUT2D eigenvalue weighted by Crippen LogP contribution is 2.32. The lowest BCUT2D eigenvalue weighted by Gasteiger charge is -2.19. The number of ether oxygens (including phenoxy) is 1. The number of hydrogen-bond acceptors (Lipinski definition) is 2. The standard InChI is InChI=1S/C16H16F3NO/c1-11-5-7-12(8-6-11)15(10-20)21-14-4-2-3-13(9-14)16(17,18)19/h2-9,15H,10,20H2,1H3. The summed E-state index contributed by atoms with van der Waals surface area (Å²) in [5.74, 6) is 0.154. The summed E-state index contributed by atoms with van der Waals surface area (Å²) in [6, 6.07) is 12.3. The van der Waals surface area contributed by atoms with Crippen molar-refractivity contribution in [2.45, 2.75) is 19.2 Å². The second-order valence-electron chi connectivity index (χ2n) is 4.78. The van der Waals surface area contributed by atoms with Crippen molar-refractivity contribution in [3.63, 3.8) is 0 Å². The van der Waals surface area contributed by atoms with E-state index in [0.717, 1.165) is 23.3 Å². The monoisotopic (exact) mass is 295 g/mol. The lowest BCUT2D eigenvalue weighted by molar-refractivity contribution is -0.137. The third-order valence-electron chi connectivity index (χ3n) is 3.10. The van der Waals surface area contributed by atoms with Crippen LogP contribution < -0.4 is 10.5 Å². The van der Waals surface area contributed by atoms with Crippen LogP contribution in [0.4, 0.5) is 13.2 Å². The van der Waals surface area contributed by atoms with E-state index in [1.807, 2.05) is 31.2 Å². The number of rotatable bonds is 4. The second-order valence-corrected chi connectivity index (χ2v) is 4.78. The minimum atomic E-state index is -4.39. The summed E-state index contributed by atoms with van der Waals surface area (Å²) in [4.78, 5) is 0. The number of hydrogen-bond donors (Lipinski definition) is 1. The zero-order chi connectivity index (χ0) is 15.5. The molecule has 1 unspecified atom stereocenters. The minimum absolute atomic E-state index is 0.154. The molecule has 0 aliphatic carbocycles. The van der Waals surface area contributed by atoms with Gasteiger partial charge in [-0.05, 0) is 30.7 Å². The first-order chi connectivity index (χ1) is 9.90. The van der Waals surface area contributed by atoms with Gasteiger partial charge < -0.3 is 10.5 Å². The van der Waals surface area contributed by atoms with Crippen molar-refractivity contribution in [1.29, 1.82) is 0 Å². The van der Waals surface area contributed by atoms with Crippen molar-refractivity contribution >= 4 is 0 Å². The first kappa shape index (κ1) is 15.4. The SMILES string of the molecule is Cc1ccc(C(CN)Oc2cccc(C(F)(F)F)c2)cc1. The van der Waals surface area contributed by atoms with Gasteiger partial charge in [0, 0.05) is 6.54 Å². The van der Waals surface area contributed by atoms with Gasteiger partial charge in [0.1, 0.15) is 11.9 Å². The van der Waals surface area contributed by atoms with Crippen LogP contribution in [0.15, 0.2) is 48.5 Å². The van der Waals surface area contributed by atoms with E-state index in [9.17, 15) is 13.2 Å². The number of halogens is 3. The fraction of sp³-hybridized carbons (Fsp3) is 0.250. The average Bonchev–Trinajstić information content (AvgIpc) is 2.45. The Morgan fingerprint density at radius 1 is 1.10 bits per heavy atom. The molecule has 2 aromatic carbocycles. The number of nitrogens with two attached hydrogens (primary N) is 1. The normalized spacial score (nSPS) is 13.0. The van der Waals surface area contributed by atoms with Crippen molar-refractivity contribution in [2.24, 2.45) is 5.73 Å². The first-order valence-corrected chi connectivity index (χ1v) is 6.50. The van der Waals surface area contributed by atoms with E-state index in [-0.39, 0.29) is 12.3 Å². The van der Waals surface area contributed by atoms with Gasteiger partial charge >= 0.3 is 6.18 Å². The zero-order valence-electron chi connectivity index (χ0n) is 11.5. The van der Waals surface area contributed by atoms with Crippen LogP contribution in [0.3, 0.4) is 0 Å². The Kier molecular flexibility index (Phi) is 4.53. The van der Waals surface area contributed by atoms with Crippen molar-refractivity contribution in [3.8, 4) is 5.75 Å². The van der Waals surface area contributed by atoms with Gasteiger partial charge in [0.15, 0.2) is 0 Å². The highest BCUT2D eigenvalue weighted by molar-refractivity contribution is 5.32. The molecular weight excluding hydrogens is 279 g/mol. The molecule has 21 heavy (non-hydrogen) atoms. The summed E-state index contributed by atoms with van der Waals surface area (Å²) in [5, 5.41) is 0.